The maximum atomic E-state index is 2.47. The van der Waals surface area contributed by atoms with E-state index in [4.69, 9.17) is 0 Å². The van der Waals surface area contributed by atoms with Gasteiger partial charge in [-0.25, -0.2) is 0 Å². The summed E-state index contributed by atoms with van der Waals surface area (Å²) in [7, 11) is 2.02. The third-order valence-corrected chi connectivity index (χ3v) is 14.8. The van der Waals surface area contributed by atoms with Gasteiger partial charge in [-0.3, -0.25) is 0 Å². The number of rotatable bonds is 4. The van der Waals surface area contributed by atoms with Crippen molar-refractivity contribution in [1.29, 1.82) is 0 Å². The SMILES string of the molecule is CPP(C)P(C)CC(C)C. The number of hydrogen-bond donors (Lipinski definition) is 0. The molecule has 0 heterocycles. The zero-order valence-corrected chi connectivity index (χ0v) is 10.5. The normalized spacial score (nSPS) is 18.6. The Morgan fingerprint density at radius 2 is 1.80 bits per heavy atom. The van der Waals surface area contributed by atoms with E-state index in [2.05, 4.69) is 33.8 Å². The first kappa shape index (κ1) is 11.3. The average molecular weight is 196 g/mol. The van der Waals surface area contributed by atoms with Crippen molar-refractivity contribution in [1.82, 2.24) is 0 Å². The number of hydrogen-bond acceptors (Lipinski definition) is 0. The lowest BCUT2D eigenvalue weighted by molar-refractivity contribution is 0.747. The second-order valence-electron chi connectivity index (χ2n) is 2.98. The summed E-state index contributed by atoms with van der Waals surface area (Å²) >= 11 is 0. The summed E-state index contributed by atoms with van der Waals surface area (Å²) in [4.78, 5) is 0. The quantitative estimate of drug-likeness (QED) is 0.596. The molecule has 0 aliphatic carbocycles. The van der Waals surface area contributed by atoms with Gasteiger partial charge in [0.05, 0.1) is 0 Å². The van der Waals surface area contributed by atoms with Crippen LogP contribution in [0.25, 0.3) is 0 Å². The minimum Gasteiger partial charge on any atom is -0.0950 e. The molecule has 0 radical (unpaired) electrons. The van der Waals surface area contributed by atoms with E-state index in [1.165, 1.54) is 14.4 Å². The molecule has 62 valence electrons. The molecule has 0 rings (SSSR count). The van der Waals surface area contributed by atoms with E-state index in [-0.39, 0.29) is 0 Å². The van der Waals surface area contributed by atoms with Crippen LogP contribution < -0.4 is 0 Å². The highest BCUT2D eigenvalue weighted by Crippen LogP contribution is 2.74. The molecule has 0 aromatic heterocycles. The zero-order valence-electron chi connectivity index (χ0n) is 7.68. The fourth-order valence-electron chi connectivity index (χ4n) is 0.822. The lowest BCUT2D eigenvalue weighted by Crippen LogP contribution is -1.90. The van der Waals surface area contributed by atoms with E-state index in [0.717, 1.165) is 5.92 Å². The average Bonchev–Trinajstić information content (AvgIpc) is 1.85. The van der Waals surface area contributed by atoms with Crippen LogP contribution in [0, 0.1) is 5.92 Å². The molecule has 0 bridgehead atoms. The molecule has 0 saturated carbocycles. The molecule has 0 aliphatic heterocycles. The lowest BCUT2D eigenvalue weighted by Gasteiger charge is -2.20. The molecule has 0 fully saturated rings. The third kappa shape index (κ3) is 5.01. The van der Waals surface area contributed by atoms with Crippen LogP contribution >= 0.6 is 23.2 Å². The summed E-state index contributed by atoms with van der Waals surface area (Å²) in [6.45, 7) is 12.0. The predicted octanol–water partition coefficient (Wildman–Crippen LogP) is 4.00. The highest BCUT2D eigenvalue weighted by molar-refractivity contribution is 8.56. The van der Waals surface area contributed by atoms with Crippen LogP contribution in [0.15, 0.2) is 0 Å². The summed E-state index contributed by atoms with van der Waals surface area (Å²) in [5.41, 5.74) is 0. The Labute approximate surface area is 69.6 Å². The summed E-state index contributed by atoms with van der Waals surface area (Å²) in [6, 6.07) is 0. The van der Waals surface area contributed by atoms with Crippen LogP contribution in [-0.2, 0) is 0 Å². The minimum absolute atomic E-state index is 0.396. The topological polar surface area (TPSA) is 0 Å². The molecule has 0 saturated heterocycles. The molecule has 0 spiro atoms. The third-order valence-electron chi connectivity index (χ3n) is 1.47. The van der Waals surface area contributed by atoms with Crippen LogP contribution in [0.2, 0.25) is 0 Å². The van der Waals surface area contributed by atoms with Gasteiger partial charge in [0.15, 0.2) is 0 Å². The molecule has 0 aromatic rings. The van der Waals surface area contributed by atoms with Gasteiger partial charge in [-0.2, -0.15) is 0 Å². The molecule has 0 N–H and O–H groups in total. The van der Waals surface area contributed by atoms with E-state index >= 15 is 0 Å². The summed E-state index contributed by atoms with van der Waals surface area (Å²) in [5.74, 6) is 0.914. The van der Waals surface area contributed by atoms with E-state index in [1.807, 2.05) is 0 Å². The molecule has 3 atom stereocenters. The summed E-state index contributed by atoms with van der Waals surface area (Å²) in [5, 5.41) is 0. The maximum Gasteiger partial charge on any atom is -0.0263 e. The molecule has 0 nitrogen and oxygen atoms in total. The van der Waals surface area contributed by atoms with Gasteiger partial charge in [0.2, 0.25) is 0 Å². The Morgan fingerprint density at radius 1 is 1.30 bits per heavy atom. The van der Waals surface area contributed by atoms with E-state index < -0.39 is 0 Å². The van der Waals surface area contributed by atoms with Crippen LogP contribution in [-0.4, -0.2) is 26.2 Å². The fraction of sp³-hybridized carbons (Fsp3) is 1.00. The maximum absolute atomic E-state index is 2.47. The van der Waals surface area contributed by atoms with Crippen molar-refractivity contribution >= 4 is 23.2 Å². The van der Waals surface area contributed by atoms with Crippen LogP contribution in [0.5, 0.6) is 0 Å². The Hall–Kier alpha value is 1.29. The first-order valence-electron chi connectivity index (χ1n) is 3.70. The van der Waals surface area contributed by atoms with Crippen molar-refractivity contribution in [2.24, 2.45) is 5.92 Å². The van der Waals surface area contributed by atoms with Crippen molar-refractivity contribution in [2.75, 3.05) is 26.2 Å². The second-order valence-corrected chi connectivity index (χ2v) is 14.5. The first-order valence-corrected chi connectivity index (χ1v) is 10.5. The van der Waals surface area contributed by atoms with E-state index in [9.17, 15) is 0 Å². The van der Waals surface area contributed by atoms with Gasteiger partial charge in [0, 0.05) is 0 Å². The van der Waals surface area contributed by atoms with E-state index in [1.54, 1.807) is 0 Å². The summed E-state index contributed by atoms with van der Waals surface area (Å²) in [6.07, 6.45) is 1.48. The molecular formula is C7H19P3. The fourth-order valence-corrected chi connectivity index (χ4v) is 9.01. The van der Waals surface area contributed by atoms with Crippen molar-refractivity contribution < 1.29 is 0 Å². The monoisotopic (exact) mass is 196 g/mol. The molecular weight excluding hydrogens is 177 g/mol. The predicted molar refractivity (Wildman–Crippen MR) is 59.6 cm³/mol. The lowest BCUT2D eigenvalue weighted by atomic mass is 10.3. The molecule has 10 heavy (non-hydrogen) atoms. The van der Waals surface area contributed by atoms with Crippen molar-refractivity contribution in [3.63, 3.8) is 0 Å². The summed E-state index contributed by atoms with van der Waals surface area (Å²) < 4.78 is 0. The molecule has 0 aliphatic rings. The van der Waals surface area contributed by atoms with E-state index in [0.29, 0.717) is 14.9 Å². The van der Waals surface area contributed by atoms with Gasteiger partial charge in [-0.1, -0.05) is 37.0 Å². The minimum atomic E-state index is 0.396. The van der Waals surface area contributed by atoms with Crippen LogP contribution in [0.1, 0.15) is 13.8 Å². The molecule has 0 amide bonds. The van der Waals surface area contributed by atoms with Gasteiger partial charge in [-0.05, 0) is 32.1 Å². The standard InChI is InChI=1S/C7H19P3/c1-7(2)6-9(4)10(5)8-3/h7-8H,6H2,1-5H3. The Balaban J connectivity index is 3.50. The highest BCUT2D eigenvalue weighted by Gasteiger charge is 2.09. The van der Waals surface area contributed by atoms with Crippen LogP contribution in [0.4, 0.5) is 0 Å². The van der Waals surface area contributed by atoms with Gasteiger partial charge in [-0.15, -0.1) is 0 Å². The Bertz CT molecular complexity index is 82.9. The van der Waals surface area contributed by atoms with Crippen LogP contribution in [0.3, 0.4) is 0 Å². The van der Waals surface area contributed by atoms with Gasteiger partial charge < -0.3 is 0 Å². The largest absolute Gasteiger partial charge is 0.0950 e. The Kier molecular flexibility index (Phi) is 6.64. The van der Waals surface area contributed by atoms with Gasteiger partial charge in [0.1, 0.15) is 0 Å². The van der Waals surface area contributed by atoms with Gasteiger partial charge >= 0.3 is 0 Å². The molecule has 0 aromatic carbocycles. The van der Waals surface area contributed by atoms with Gasteiger partial charge in [0.25, 0.3) is 0 Å². The Morgan fingerprint density at radius 3 is 2.10 bits per heavy atom. The molecule has 3 unspecified atom stereocenters. The van der Waals surface area contributed by atoms with Crippen molar-refractivity contribution in [3.05, 3.63) is 0 Å². The first-order chi connectivity index (χ1) is 4.57. The van der Waals surface area contributed by atoms with Crippen molar-refractivity contribution in [2.45, 2.75) is 13.8 Å². The highest BCUT2D eigenvalue weighted by atomic mass is 32.5. The zero-order chi connectivity index (χ0) is 8.15. The second kappa shape index (κ2) is 5.88. The van der Waals surface area contributed by atoms with Crippen molar-refractivity contribution in [3.8, 4) is 0 Å². The molecule has 3 heteroatoms. The smallest absolute Gasteiger partial charge is 0.0263 e.